The molecule has 0 bridgehead atoms. The highest BCUT2D eigenvalue weighted by Crippen LogP contribution is 2.51. The summed E-state index contributed by atoms with van der Waals surface area (Å²) in [6.07, 6.45) is 14.8. The van der Waals surface area contributed by atoms with Crippen LogP contribution in [-0.2, 0) is 6.42 Å². The second-order valence-electron chi connectivity index (χ2n) is 11.0. The van der Waals surface area contributed by atoms with E-state index < -0.39 is 16.3 Å². The van der Waals surface area contributed by atoms with Crippen molar-refractivity contribution in [3.05, 3.63) is 23.8 Å². The topological polar surface area (TPSA) is 18.5 Å². The molecule has 0 saturated carbocycles. The van der Waals surface area contributed by atoms with Gasteiger partial charge in [0.15, 0.2) is 0 Å². The second kappa shape index (κ2) is 18.0. The molecule has 1 rings (SSSR count). The minimum absolute atomic E-state index is 0.497. The van der Waals surface area contributed by atoms with Crippen LogP contribution in [0, 0.1) is 0 Å². The molecule has 198 valence electrons. The van der Waals surface area contributed by atoms with Crippen LogP contribution in [0.4, 0.5) is 0 Å². The molecule has 0 aliphatic carbocycles. The molecule has 0 aliphatic rings. The fourth-order valence-electron chi connectivity index (χ4n) is 4.54. The Kier molecular flexibility index (Phi) is 16.8. The van der Waals surface area contributed by atoms with Crippen molar-refractivity contribution in [2.24, 2.45) is 0 Å². The van der Waals surface area contributed by atoms with Gasteiger partial charge in [-0.2, -0.15) is 0 Å². The van der Waals surface area contributed by atoms with Gasteiger partial charge in [-0.3, -0.25) is 0 Å². The molecule has 0 N–H and O–H groups in total. The lowest BCUT2D eigenvalue weighted by atomic mass is 10.0. The van der Waals surface area contributed by atoms with Crippen molar-refractivity contribution in [2.75, 3.05) is 0 Å². The third-order valence-electron chi connectivity index (χ3n) is 6.29. The molecule has 0 heterocycles. The molecule has 0 amide bonds. The van der Waals surface area contributed by atoms with Crippen molar-refractivity contribution in [1.82, 2.24) is 0 Å². The van der Waals surface area contributed by atoms with E-state index in [1.807, 2.05) is 0 Å². The first-order valence-electron chi connectivity index (χ1n) is 14.2. The maximum absolute atomic E-state index is 6.75. The lowest BCUT2D eigenvalue weighted by Crippen LogP contribution is -2.10. The largest absolute Gasteiger partial charge is 0.473 e. The molecule has 1 aromatic rings. The van der Waals surface area contributed by atoms with Crippen LogP contribution < -0.4 is 9.05 Å². The van der Waals surface area contributed by atoms with Gasteiger partial charge >= 0.3 is 0 Å². The highest BCUT2D eigenvalue weighted by molar-refractivity contribution is 7.54. The summed E-state index contributed by atoms with van der Waals surface area (Å²) in [6, 6.07) is 6.66. The monoisotopic (exact) mass is 510 g/mol. The summed E-state index contributed by atoms with van der Waals surface area (Å²) in [5.74, 6) is 2.06. The van der Waals surface area contributed by atoms with Gasteiger partial charge in [-0.1, -0.05) is 126 Å². The molecule has 0 aromatic heterocycles. The Bertz CT molecular complexity index is 627. The van der Waals surface area contributed by atoms with E-state index in [0.717, 1.165) is 17.9 Å². The smallest absolute Gasteiger partial charge is 0.130 e. The number of hydrogen-bond acceptors (Lipinski definition) is 2. The van der Waals surface area contributed by atoms with Crippen LogP contribution >= 0.6 is 16.3 Å². The molecule has 0 atom stereocenters. The fraction of sp³-hybridized carbons (Fsp3) is 0.800. The van der Waals surface area contributed by atoms with Crippen molar-refractivity contribution >= 4 is 16.3 Å². The van der Waals surface area contributed by atoms with Gasteiger partial charge in [0.25, 0.3) is 0 Å². The SMILES string of the molecule is CCCCCCCCCCCCc1ccc(OP(C(C)C)C(C)C)cc1OP(C(C)C)C(C)C. The predicted molar refractivity (Wildman–Crippen MR) is 158 cm³/mol. The van der Waals surface area contributed by atoms with Crippen LogP contribution in [-0.4, -0.2) is 22.6 Å². The van der Waals surface area contributed by atoms with Crippen LogP contribution in [0.15, 0.2) is 18.2 Å². The number of unbranched alkanes of at least 4 members (excludes halogenated alkanes) is 9. The van der Waals surface area contributed by atoms with E-state index in [4.69, 9.17) is 9.05 Å². The van der Waals surface area contributed by atoms with Gasteiger partial charge in [0, 0.05) is 28.7 Å². The molecule has 4 heteroatoms. The van der Waals surface area contributed by atoms with Gasteiger partial charge in [-0.15, -0.1) is 0 Å². The van der Waals surface area contributed by atoms with E-state index in [1.54, 1.807) is 0 Å². The van der Waals surface area contributed by atoms with E-state index in [2.05, 4.69) is 80.5 Å². The highest BCUT2D eigenvalue weighted by Gasteiger charge is 2.23. The zero-order chi connectivity index (χ0) is 25.5. The fourth-order valence-corrected chi connectivity index (χ4v) is 8.52. The van der Waals surface area contributed by atoms with Crippen molar-refractivity contribution in [2.45, 2.75) is 156 Å². The van der Waals surface area contributed by atoms with Crippen LogP contribution in [0.5, 0.6) is 11.5 Å². The van der Waals surface area contributed by atoms with Crippen molar-refractivity contribution < 1.29 is 9.05 Å². The predicted octanol–water partition coefficient (Wildman–Crippen LogP) is 11.3. The Labute approximate surface area is 216 Å². The number of hydrogen-bond donors (Lipinski definition) is 0. The summed E-state index contributed by atoms with van der Waals surface area (Å²) in [5.41, 5.74) is 3.56. The van der Waals surface area contributed by atoms with Gasteiger partial charge < -0.3 is 9.05 Å². The Morgan fingerprint density at radius 2 is 1.03 bits per heavy atom. The maximum Gasteiger partial charge on any atom is 0.130 e. The molecule has 0 saturated heterocycles. The first-order chi connectivity index (χ1) is 16.2. The summed E-state index contributed by atoms with van der Waals surface area (Å²) in [4.78, 5) is 0. The quantitative estimate of drug-likeness (QED) is 0.136. The number of rotatable bonds is 19. The van der Waals surface area contributed by atoms with Crippen LogP contribution in [0.25, 0.3) is 0 Å². The molecule has 0 spiro atoms. The van der Waals surface area contributed by atoms with E-state index in [-0.39, 0.29) is 0 Å². The Balaban J connectivity index is 2.75. The molecule has 34 heavy (non-hydrogen) atoms. The highest BCUT2D eigenvalue weighted by atomic mass is 31.1. The zero-order valence-corrected chi connectivity index (χ0v) is 25.8. The third kappa shape index (κ3) is 12.6. The number of benzene rings is 1. The van der Waals surface area contributed by atoms with Crippen LogP contribution in [0.1, 0.15) is 132 Å². The van der Waals surface area contributed by atoms with Crippen LogP contribution in [0.2, 0.25) is 0 Å². The Hall–Kier alpha value is -0.320. The lowest BCUT2D eigenvalue weighted by molar-refractivity contribution is 0.546. The molecule has 0 unspecified atom stereocenters. The maximum atomic E-state index is 6.75. The molecule has 0 aliphatic heterocycles. The standard InChI is InChI=1S/C30H56O2P2/c1-10-11-12-13-14-15-16-17-18-19-20-28-21-22-29(31-33(24(2)3)25(4)5)23-30(28)32-34(26(6)7)27(8)9/h21-27H,10-20H2,1-9H3. The van der Waals surface area contributed by atoms with Gasteiger partial charge in [0.1, 0.15) is 11.5 Å². The molecule has 0 radical (unpaired) electrons. The molecule has 0 fully saturated rings. The summed E-state index contributed by atoms with van der Waals surface area (Å²) in [5, 5.41) is 0. The average Bonchev–Trinajstić information content (AvgIpc) is 2.77. The van der Waals surface area contributed by atoms with E-state index in [9.17, 15) is 0 Å². The average molecular weight is 511 g/mol. The lowest BCUT2D eigenvalue weighted by Gasteiger charge is -2.28. The van der Waals surface area contributed by atoms with E-state index in [0.29, 0.717) is 22.6 Å². The Morgan fingerprint density at radius 1 is 0.588 bits per heavy atom. The third-order valence-corrected chi connectivity index (χ3v) is 11.2. The van der Waals surface area contributed by atoms with Gasteiger partial charge in [0.05, 0.1) is 16.3 Å². The van der Waals surface area contributed by atoms with Gasteiger partial charge in [0.2, 0.25) is 0 Å². The first-order valence-corrected chi connectivity index (χ1v) is 17.0. The zero-order valence-electron chi connectivity index (χ0n) is 24.0. The first kappa shape index (κ1) is 31.7. The summed E-state index contributed by atoms with van der Waals surface area (Å²) < 4.78 is 13.3. The molecule has 2 nitrogen and oxygen atoms in total. The van der Waals surface area contributed by atoms with Gasteiger partial charge in [-0.25, -0.2) is 0 Å². The van der Waals surface area contributed by atoms with Gasteiger partial charge in [-0.05, 0) is 24.5 Å². The summed E-state index contributed by atoms with van der Waals surface area (Å²) in [6.45, 7) is 20.6. The number of aryl methyl sites for hydroxylation is 1. The minimum Gasteiger partial charge on any atom is -0.473 e. The van der Waals surface area contributed by atoms with Crippen molar-refractivity contribution in [1.29, 1.82) is 0 Å². The normalized spacial score (nSPS) is 12.2. The van der Waals surface area contributed by atoms with E-state index in [1.165, 1.54) is 69.8 Å². The summed E-state index contributed by atoms with van der Waals surface area (Å²) >= 11 is 0. The summed E-state index contributed by atoms with van der Waals surface area (Å²) in [7, 11) is -1.01. The van der Waals surface area contributed by atoms with E-state index >= 15 is 0 Å². The molecular formula is C30H56O2P2. The van der Waals surface area contributed by atoms with Crippen LogP contribution in [0.3, 0.4) is 0 Å². The molecule has 1 aromatic carbocycles. The minimum atomic E-state index is -0.512. The van der Waals surface area contributed by atoms with Crippen molar-refractivity contribution in [3.63, 3.8) is 0 Å². The second-order valence-corrected chi connectivity index (χ2v) is 16.9. The molecular weight excluding hydrogens is 454 g/mol. The van der Waals surface area contributed by atoms with Crippen molar-refractivity contribution in [3.8, 4) is 11.5 Å². The Morgan fingerprint density at radius 3 is 1.50 bits per heavy atom.